The van der Waals surface area contributed by atoms with Gasteiger partial charge in [-0.15, -0.1) is 0 Å². The molecule has 0 aliphatic rings. The first kappa shape index (κ1) is 18.5. The number of nitrogens with one attached hydrogen (secondary N) is 1. The number of sulfonamides is 1. The van der Waals surface area contributed by atoms with Gasteiger partial charge in [-0.1, -0.05) is 58.4 Å². The molecule has 28 heavy (non-hydrogen) atoms. The van der Waals surface area contributed by atoms with Crippen molar-refractivity contribution in [3.05, 3.63) is 77.3 Å². The summed E-state index contributed by atoms with van der Waals surface area (Å²) >= 11 is 3.49. The molecule has 0 aliphatic carbocycles. The number of para-hydroxylation sites is 1. The van der Waals surface area contributed by atoms with Crippen molar-refractivity contribution in [3.63, 3.8) is 0 Å². The third kappa shape index (κ3) is 3.75. The smallest absolute Gasteiger partial charge is 0.240 e. The maximum absolute atomic E-state index is 11.9. The average molecular weight is 455 g/mol. The SMILES string of the molecule is NS(=O)(=O)c1ccccc1Nc1nc(-c2ccccc2)c2cc(Br)ccc2n1. The number of anilines is 2. The lowest BCUT2D eigenvalue weighted by Crippen LogP contribution is -2.14. The molecule has 3 aromatic carbocycles. The van der Waals surface area contributed by atoms with Crippen LogP contribution in [0.5, 0.6) is 0 Å². The third-order valence-corrected chi connectivity index (χ3v) is 5.61. The first-order valence-electron chi connectivity index (χ1n) is 8.33. The molecule has 0 spiro atoms. The summed E-state index contributed by atoms with van der Waals surface area (Å²) in [6.07, 6.45) is 0. The van der Waals surface area contributed by atoms with Gasteiger partial charge in [0.25, 0.3) is 0 Å². The van der Waals surface area contributed by atoms with Gasteiger partial charge in [-0.3, -0.25) is 0 Å². The second kappa shape index (κ2) is 7.31. The molecule has 0 aliphatic heterocycles. The lowest BCUT2D eigenvalue weighted by Gasteiger charge is -2.12. The summed E-state index contributed by atoms with van der Waals surface area (Å²) in [5.74, 6) is 0.282. The molecule has 0 saturated carbocycles. The second-order valence-corrected chi connectivity index (χ2v) is 8.54. The van der Waals surface area contributed by atoms with Crippen molar-refractivity contribution in [1.82, 2.24) is 9.97 Å². The van der Waals surface area contributed by atoms with Gasteiger partial charge in [0.05, 0.1) is 16.9 Å². The Morgan fingerprint density at radius 2 is 1.61 bits per heavy atom. The summed E-state index contributed by atoms with van der Waals surface area (Å²) in [4.78, 5) is 9.18. The van der Waals surface area contributed by atoms with Crippen LogP contribution in [0, 0.1) is 0 Å². The number of primary sulfonamides is 1. The molecule has 0 amide bonds. The summed E-state index contributed by atoms with van der Waals surface area (Å²) in [5, 5.41) is 9.21. The number of hydrogen-bond donors (Lipinski definition) is 2. The molecule has 0 atom stereocenters. The molecule has 0 fully saturated rings. The Labute approximate surface area is 170 Å². The van der Waals surface area contributed by atoms with E-state index < -0.39 is 10.0 Å². The zero-order valence-electron chi connectivity index (χ0n) is 14.5. The number of aromatic nitrogens is 2. The van der Waals surface area contributed by atoms with Gasteiger partial charge in [-0.25, -0.2) is 23.5 Å². The molecule has 1 heterocycles. The highest BCUT2D eigenvalue weighted by atomic mass is 79.9. The lowest BCUT2D eigenvalue weighted by atomic mass is 10.1. The summed E-state index contributed by atoms with van der Waals surface area (Å²) in [5.41, 5.74) is 2.71. The maximum Gasteiger partial charge on any atom is 0.240 e. The fourth-order valence-electron chi connectivity index (χ4n) is 2.91. The Morgan fingerprint density at radius 3 is 2.36 bits per heavy atom. The Bertz CT molecular complexity index is 1280. The van der Waals surface area contributed by atoms with Crippen molar-refractivity contribution >= 4 is 48.5 Å². The fourth-order valence-corrected chi connectivity index (χ4v) is 3.97. The topological polar surface area (TPSA) is 98.0 Å². The highest BCUT2D eigenvalue weighted by Gasteiger charge is 2.16. The van der Waals surface area contributed by atoms with Gasteiger partial charge < -0.3 is 5.32 Å². The van der Waals surface area contributed by atoms with Gasteiger partial charge in [0, 0.05) is 15.4 Å². The maximum atomic E-state index is 11.9. The summed E-state index contributed by atoms with van der Waals surface area (Å²) in [7, 11) is -3.89. The van der Waals surface area contributed by atoms with E-state index in [-0.39, 0.29) is 10.8 Å². The molecule has 0 radical (unpaired) electrons. The van der Waals surface area contributed by atoms with Gasteiger partial charge in [0.2, 0.25) is 16.0 Å². The zero-order valence-corrected chi connectivity index (χ0v) is 16.9. The molecule has 4 aromatic rings. The first-order chi connectivity index (χ1) is 13.4. The molecule has 0 bridgehead atoms. The van der Waals surface area contributed by atoms with E-state index in [2.05, 4.69) is 31.2 Å². The molecular formula is C20H15BrN4O2S. The van der Waals surface area contributed by atoms with Crippen LogP contribution in [0.1, 0.15) is 0 Å². The normalized spacial score (nSPS) is 11.5. The number of benzene rings is 3. The molecule has 140 valence electrons. The van der Waals surface area contributed by atoms with Crippen molar-refractivity contribution < 1.29 is 8.42 Å². The van der Waals surface area contributed by atoms with E-state index in [1.54, 1.807) is 18.2 Å². The van der Waals surface area contributed by atoms with Gasteiger partial charge in [0.15, 0.2) is 0 Å². The molecule has 4 rings (SSSR count). The van der Waals surface area contributed by atoms with Crippen LogP contribution in [-0.2, 0) is 10.0 Å². The van der Waals surface area contributed by atoms with Crippen molar-refractivity contribution in [2.24, 2.45) is 5.14 Å². The van der Waals surface area contributed by atoms with Crippen LogP contribution in [0.4, 0.5) is 11.6 Å². The van der Waals surface area contributed by atoms with Crippen LogP contribution < -0.4 is 10.5 Å². The Hall–Kier alpha value is -2.81. The van der Waals surface area contributed by atoms with Crippen molar-refractivity contribution in [3.8, 4) is 11.3 Å². The van der Waals surface area contributed by atoms with Crippen LogP contribution in [0.15, 0.2) is 82.2 Å². The van der Waals surface area contributed by atoms with Crippen LogP contribution >= 0.6 is 15.9 Å². The van der Waals surface area contributed by atoms with Crippen molar-refractivity contribution in [1.29, 1.82) is 0 Å². The minimum absolute atomic E-state index is 0.0178. The predicted molar refractivity (Wildman–Crippen MR) is 114 cm³/mol. The van der Waals surface area contributed by atoms with Gasteiger partial charge in [-0.2, -0.15) is 0 Å². The number of halogens is 1. The van der Waals surface area contributed by atoms with Crippen molar-refractivity contribution in [2.45, 2.75) is 4.90 Å². The summed E-state index contributed by atoms with van der Waals surface area (Å²) in [6.45, 7) is 0. The van der Waals surface area contributed by atoms with Gasteiger partial charge in [-0.05, 0) is 30.3 Å². The highest BCUT2D eigenvalue weighted by molar-refractivity contribution is 9.10. The van der Waals surface area contributed by atoms with E-state index in [1.165, 1.54) is 6.07 Å². The van der Waals surface area contributed by atoms with E-state index in [0.29, 0.717) is 5.69 Å². The highest BCUT2D eigenvalue weighted by Crippen LogP contribution is 2.31. The predicted octanol–water partition coefficient (Wildman–Crippen LogP) is 4.45. The van der Waals surface area contributed by atoms with Crippen LogP contribution in [0.3, 0.4) is 0 Å². The quantitative estimate of drug-likeness (QED) is 0.474. The van der Waals surface area contributed by atoms with E-state index in [0.717, 1.165) is 26.6 Å². The molecule has 8 heteroatoms. The Balaban J connectivity index is 1.90. The Kier molecular flexibility index (Phi) is 4.84. The standard InChI is InChI=1S/C20H15BrN4O2S/c21-14-10-11-16-15(12-14)19(13-6-2-1-3-7-13)25-20(23-16)24-17-8-4-5-9-18(17)28(22,26)27/h1-12H,(H2,22,26,27)(H,23,24,25). The molecule has 1 aromatic heterocycles. The lowest BCUT2D eigenvalue weighted by molar-refractivity contribution is 0.598. The third-order valence-electron chi connectivity index (χ3n) is 4.15. The zero-order chi connectivity index (χ0) is 19.7. The second-order valence-electron chi connectivity index (χ2n) is 6.09. The van der Waals surface area contributed by atoms with Gasteiger partial charge >= 0.3 is 0 Å². The van der Waals surface area contributed by atoms with Crippen LogP contribution in [0.25, 0.3) is 22.2 Å². The molecular weight excluding hydrogens is 440 g/mol. The fraction of sp³-hybridized carbons (Fsp3) is 0. The number of rotatable bonds is 4. The monoisotopic (exact) mass is 454 g/mol. The number of nitrogens with two attached hydrogens (primary N) is 1. The first-order valence-corrected chi connectivity index (χ1v) is 10.7. The summed E-state index contributed by atoms with van der Waals surface area (Å²) in [6, 6.07) is 21.8. The van der Waals surface area contributed by atoms with Crippen LogP contribution in [0.2, 0.25) is 0 Å². The van der Waals surface area contributed by atoms with E-state index in [4.69, 9.17) is 5.14 Å². The molecule has 6 nitrogen and oxygen atoms in total. The molecule has 0 unspecified atom stereocenters. The Morgan fingerprint density at radius 1 is 0.893 bits per heavy atom. The number of hydrogen-bond acceptors (Lipinski definition) is 5. The number of nitrogens with zero attached hydrogens (tertiary/aromatic N) is 2. The molecule has 3 N–H and O–H groups in total. The number of fused-ring (bicyclic) bond motifs is 1. The van der Waals surface area contributed by atoms with E-state index in [9.17, 15) is 8.42 Å². The van der Waals surface area contributed by atoms with Crippen LogP contribution in [-0.4, -0.2) is 18.4 Å². The summed E-state index contributed by atoms with van der Waals surface area (Å²) < 4.78 is 24.7. The van der Waals surface area contributed by atoms with E-state index >= 15 is 0 Å². The minimum Gasteiger partial charge on any atom is -0.323 e. The van der Waals surface area contributed by atoms with Gasteiger partial charge in [0.1, 0.15) is 4.90 Å². The minimum atomic E-state index is -3.89. The van der Waals surface area contributed by atoms with Crippen molar-refractivity contribution in [2.75, 3.05) is 5.32 Å². The van der Waals surface area contributed by atoms with E-state index in [1.807, 2.05) is 48.5 Å². The average Bonchev–Trinajstić information content (AvgIpc) is 2.68. The molecule has 0 saturated heterocycles. The largest absolute Gasteiger partial charge is 0.323 e.